The van der Waals surface area contributed by atoms with E-state index in [2.05, 4.69) is 60.7 Å². The molecule has 0 aliphatic heterocycles. The second-order valence-electron chi connectivity index (χ2n) is 3.47. The van der Waals surface area contributed by atoms with E-state index >= 15 is 0 Å². The summed E-state index contributed by atoms with van der Waals surface area (Å²) in [6.07, 6.45) is 2.26. The summed E-state index contributed by atoms with van der Waals surface area (Å²) in [5.41, 5.74) is 2.83. The smallest absolute Gasteiger partial charge is 0 e. The molecule has 0 atom stereocenters. The van der Waals surface area contributed by atoms with Crippen LogP contribution in [0.4, 0.5) is 0 Å². The first-order valence-corrected chi connectivity index (χ1v) is 5.03. The molecule has 0 bridgehead atoms. The third-order valence-corrected chi connectivity index (χ3v) is 2.39. The summed E-state index contributed by atoms with van der Waals surface area (Å²) in [6, 6.07) is 21.2. The summed E-state index contributed by atoms with van der Waals surface area (Å²) in [4.78, 5) is 0. The Morgan fingerprint density at radius 2 is 0.875 bits per heavy atom. The van der Waals surface area contributed by atoms with Gasteiger partial charge in [-0.2, -0.15) is 0 Å². The van der Waals surface area contributed by atoms with Gasteiger partial charge in [-0.3, -0.25) is 0 Å². The molecule has 0 aliphatic carbocycles. The zero-order valence-electron chi connectivity index (χ0n) is 8.91. The molecular weight excluding hydrogens is 310 g/mol. The monoisotopic (exact) mass is 324 g/mol. The van der Waals surface area contributed by atoms with Gasteiger partial charge in [0.2, 0.25) is 0 Å². The van der Waals surface area contributed by atoms with E-state index in [0.717, 1.165) is 12.8 Å². The molecule has 0 aromatic heterocycles. The van der Waals surface area contributed by atoms with Crippen molar-refractivity contribution in [3.05, 3.63) is 71.8 Å². The van der Waals surface area contributed by atoms with Gasteiger partial charge in [0.15, 0.2) is 0 Å². The predicted octanol–water partition coefficient (Wildman–Crippen LogP) is 3.89. The topological polar surface area (TPSA) is 0 Å². The van der Waals surface area contributed by atoms with Crippen molar-refractivity contribution < 1.29 is 20.4 Å². The van der Waals surface area contributed by atoms with Crippen molar-refractivity contribution in [3.63, 3.8) is 0 Å². The Hall–Kier alpha value is -0.608. The van der Waals surface area contributed by atoms with Crippen LogP contribution in [0.25, 0.3) is 0 Å². The molecule has 0 nitrogen and oxygen atoms in total. The van der Waals surface area contributed by atoms with Gasteiger partial charge in [-0.1, -0.05) is 60.7 Å². The fourth-order valence-corrected chi connectivity index (χ4v) is 1.58. The molecule has 88 valence electrons. The average molecular weight is 325 g/mol. The Morgan fingerprint density at radius 3 is 1.19 bits per heavy atom. The molecule has 0 saturated heterocycles. The number of hydrogen-bond donors (Lipinski definition) is 0. The van der Waals surface area contributed by atoms with Crippen LogP contribution >= 0.6 is 12.4 Å². The van der Waals surface area contributed by atoms with Crippen LogP contribution in [-0.4, -0.2) is 0 Å². The Balaban J connectivity index is 0.00000112. The molecule has 0 fully saturated rings. The van der Waals surface area contributed by atoms with Gasteiger partial charge < -0.3 is 0 Å². The molecule has 2 aromatic rings. The largest absolute Gasteiger partial charge is 0.147 e. The van der Waals surface area contributed by atoms with Gasteiger partial charge in [0.1, 0.15) is 0 Å². The van der Waals surface area contributed by atoms with E-state index in [9.17, 15) is 0 Å². The second kappa shape index (κ2) is 8.53. The third-order valence-electron chi connectivity index (χ3n) is 2.39. The molecule has 16 heavy (non-hydrogen) atoms. The summed E-state index contributed by atoms with van der Waals surface area (Å²) in [7, 11) is 0. The van der Waals surface area contributed by atoms with E-state index in [1.54, 1.807) is 0 Å². The molecule has 2 aromatic carbocycles. The SMILES string of the molecule is Cl.[Pd].c1ccc(CCc2ccccc2)cc1. The quantitative estimate of drug-likeness (QED) is 0.751. The van der Waals surface area contributed by atoms with E-state index in [4.69, 9.17) is 0 Å². The van der Waals surface area contributed by atoms with E-state index in [0.29, 0.717) is 0 Å². The standard InChI is InChI=1S/C14H14.ClH.Pd/c1-3-7-13(8-4-1)11-12-14-9-5-2-6-10-14;;/h1-10H,11-12H2;1H;. The van der Waals surface area contributed by atoms with E-state index in [-0.39, 0.29) is 32.8 Å². The Morgan fingerprint density at radius 1 is 0.562 bits per heavy atom. The first kappa shape index (κ1) is 15.4. The van der Waals surface area contributed by atoms with Crippen LogP contribution in [0.15, 0.2) is 60.7 Å². The van der Waals surface area contributed by atoms with Gasteiger partial charge in [-0.15, -0.1) is 12.4 Å². The number of rotatable bonds is 3. The molecule has 0 radical (unpaired) electrons. The molecule has 0 aliphatic rings. The number of halogens is 1. The molecule has 0 saturated carbocycles. The fourth-order valence-electron chi connectivity index (χ4n) is 1.58. The van der Waals surface area contributed by atoms with Gasteiger partial charge in [0.25, 0.3) is 0 Å². The number of aryl methyl sites for hydroxylation is 2. The second-order valence-corrected chi connectivity index (χ2v) is 3.47. The van der Waals surface area contributed by atoms with Crippen LogP contribution in [0, 0.1) is 0 Å². The van der Waals surface area contributed by atoms with Gasteiger partial charge in [-0.25, -0.2) is 0 Å². The third kappa shape index (κ3) is 4.95. The molecule has 0 unspecified atom stereocenters. The Labute approximate surface area is 117 Å². The maximum atomic E-state index is 2.18. The van der Waals surface area contributed by atoms with E-state index in [1.165, 1.54) is 11.1 Å². The van der Waals surface area contributed by atoms with Crippen LogP contribution in [0.2, 0.25) is 0 Å². The van der Waals surface area contributed by atoms with Crippen LogP contribution in [0.5, 0.6) is 0 Å². The van der Waals surface area contributed by atoms with Crippen molar-refractivity contribution in [2.45, 2.75) is 12.8 Å². The van der Waals surface area contributed by atoms with Crippen molar-refractivity contribution in [3.8, 4) is 0 Å². The summed E-state index contributed by atoms with van der Waals surface area (Å²) in [5, 5.41) is 0. The summed E-state index contributed by atoms with van der Waals surface area (Å²) < 4.78 is 0. The minimum absolute atomic E-state index is 0. The van der Waals surface area contributed by atoms with Crippen molar-refractivity contribution in [2.24, 2.45) is 0 Å². The van der Waals surface area contributed by atoms with Crippen LogP contribution in [-0.2, 0) is 33.3 Å². The van der Waals surface area contributed by atoms with Crippen molar-refractivity contribution in [1.82, 2.24) is 0 Å². The fraction of sp³-hybridized carbons (Fsp3) is 0.143. The van der Waals surface area contributed by atoms with Gasteiger partial charge >= 0.3 is 0 Å². The minimum Gasteiger partial charge on any atom is -0.147 e. The maximum Gasteiger partial charge on any atom is 0 e. The number of hydrogen-bond acceptors (Lipinski definition) is 0. The maximum absolute atomic E-state index is 2.18. The first-order valence-electron chi connectivity index (χ1n) is 5.03. The zero-order valence-corrected chi connectivity index (χ0v) is 11.3. The minimum atomic E-state index is 0. The molecule has 2 rings (SSSR count). The normalized spacial score (nSPS) is 8.75. The van der Waals surface area contributed by atoms with Crippen LogP contribution < -0.4 is 0 Å². The zero-order chi connectivity index (χ0) is 9.64. The average Bonchev–Trinajstić information content (AvgIpc) is 2.29. The molecule has 0 amide bonds. The first-order chi connectivity index (χ1) is 6.95. The van der Waals surface area contributed by atoms with E-state index < -0.39 is 0 Å². The Kier molecular flexibility index (Phi) is 8.21. The van der Waals surface area contributed by atoms with Gasteiger partial charge in [0.05, 0.1) is 0 Å². The van der Waals surface area contributed by atoms with E-state index in [1.807, 2.05) is 0 Å². The predicted molar refractivity (Wildman–Crippen MR) is 67.5 cm³/mol. The summed E-state index contributed by atoms with van der Waals surface area (Å²) in [6.45, 7) is 0. The van der Waals surface area contributed by atoms with Crippen LogP contribution in [0.1, 0.15) is 11.1 Å². The molecule has 2 heteroatoms. The summed E-state index contributed by atoms with van der Waals surface area (Å²) in [5.74, 6) is 0. The molecular formula is C14H15ClPd. The molecule has 0 heterocycles. The number of benzene rings is 2. The van der Waals surface area contributed by atoms with Gasteiger partial charge in [0, 0.05) is 20.4 Å². The van der Waals surface area contributed by atoms with Crippen molar-refractivity contribution >= 4 is 12.4 Å². The van der Waals surface area contributed by atoms with Crippen LogP contribution in [0.3, 0.4) is 0 Å². The molecule has 0 spiro atoms. The molecule has 0 N–H and O–H groups in total. The van der Waals surface area contributed by atoms with Crippen molar-refractivity contribution in [2.75, 3.05) is 0 Å². The van der Waals surface area contributed by atoms with Crippen molar-refractivity contribution in [1.29, 1.82) is 0 Å². The summed E-state index contributed by atoms with van der Waals surface area (Å²) >= 11 is 0. The van der Waals surface area contributed by atoms with Gasteiger partial charge in [-0.05, 0) is 24.0 Å². The Bertz CT molecular complexity index is 333.